The predicted octanol–water partition coefficient (Wildman–Crippen LogP) is 5.91. The number of hydrogen-bond donors (Lipinski definition) is 0. The van der Waals surface area contributed by atoms with Gasteiger partial charge in [-0.3, -0.25) is 0 Å². The summed E-state index contributed by atoms with van der Waals surface area (Å²) in [7, 11) is 0. The number of rotatable bonds is 4. The van der Waals surface area contributed by atoms with E-state index in [4.69, 9.17) is 0 Å². The van der Waals surface area contributed by atoms with Crippen LogP contribution in [0.5, 0.6) is 0 Å². The number of aryl methyl sites for hydroxylation is 4. The van der Waals surface area contributed by atoms with E-state index in [-0.39, 0.29) is 4.83 Å². The molecule has 0 spiro atoms. The van der Waals surface area contributed by atoms with E-state index < -0.39 is 0 Å². The molecule has 2 aromatic rings. The van der Waals surface area contributed by atoms with Crippen LogP contribution in [0.1, 0.15) is 52.1 Å². The third kappa shape index (κ3) is 3.15. The molecule has 0 nitrogen and oxygen atoms in total. The molecule has 0 saturated carbocycles. The molecule has 0 heterocycles. The number of benzene rings is 2. The Morgan fingerprint density at radius 3 is 2.25 bits per heavy atom. The highest BCUT2D eigenvalue weighted by molar-refractivity contribution is 9.09. The van der Waals surface area contributed by atoms with Crippen LogP contribution in [-0.4, -0.2) is 0 Å². The van der Waals surface area contributed by atoms with E-state index in [0.29, 0.717) is 0 Å². The number of halogens is 1. The van der Waals surface area contributed by atoms with Gasteiger partial charge in [0.2, 0.25) is 0 Å². The Labute approximate surface area is 131 Å². The quantitative estimate of drug-likeness (QED) is 0.611. The SMILES string of the molecule is CCc1ccc(CC)c(C(Br)c2ccc(C)c(C)c2)c1. The van der Waals surface area contributed by atoms with E-state index in [9.17, 15) is 0 Å². The molecular formula is C19H23Br. The highest BCUT2D eigenvalue weighted by Crippen LogP contribution is 2.34. The highest BCUT2D eigenvalue weighted by Gasteiger charge is 2.14. The van der Waals surface area contributed by atoms with Gasteiger partial charge in [-0.2, -0.15) is 0 Å². The van der Waals surface area contributed by atoms with E-state index in [0.717, 1.165) is 12.8 Å². The first-order valence-corrected chi connectivity index (χ1v) is 8.31. The van der Waals surface area contributed by atoms with E-state index in [1.165, 1.54) is 33.4 Å². The van der Waals surface area contributed by atoms with Crippen molar-refractivity contribution in [1.29, 1.82) is 0 Å². The van der Waals surface area contributed by atoms with Crippen LogP contribution in [0.15, 0.2) is 36.4 Å². The molecule has 2 rings (SSSR count). The molecule has 0 amide bonds. The first-order valence-electron chi connectivity index (χ1n) is 7.39. The molecule has 1 heteroatoms. The van der Waals surface area contributed by atoms with Crippen LogP contribution in [0.3, 0.4) is 0 Å². The molecule has 1 unspecified atom stereocenters. The second kappa shape index (κ2) is 6.58. The van der Waals surface area contributed by atoms with Crippen LogP contribution in [0.4, 0.5) is 0 Å². The molecule has 1 atom stereocenters. The zero-order valence-electron chi connectivity index (χ0n) is 12.8. The van der Waals surface area contributed by atoms with Crippen molar-refractivity contribution < 1.29 is 0 Å². The maximum Gasteiger partial charge on any atom is 0.0647 e. The maximum absolute atomic E-state index is 3.91. The normalized spacial score (nSPS) is 12.4. The minimum Gasteiger partial charge on any atom is -0.0786 e. The van der Waals surface area contributed by atoms with Gasteiger partial charge in [-0.05, 0) is 60.1 Å². The Bertz CT molecular complexity index is 599. The third-order valence-corrected chi connectivity index (χ3v) is 5.12. The van der Waals surface area contributed by atoms with Crippen LogP contribution < -0.4 is 0 Å². The lowest BCUT2D eigenvalue weighted by molar-refractivity contribution is 1.03. The zero-order valence-corrected chi connectivity index (χ0v) is 14.4. The van der Waals surface area contributed by atoms with Crippen molar-refractivity contribution in [3.8, 4) is 0 Å². The van der Waals surface area contributed by atoms with E-state index in [2.05, 4.69) is 80.0 Å². The lowest BCUT2D eigenvalue weighted by Crippen LogP contribution is -2.00. The van der Waals surface area contributed by atoms with Crippen molar-refractivity contribution in [2.75, 3.05) is 0 Å². The lowest BCUT2D eigenvalue weighted by atomic mass is 9.94. The summed E-state index contributed by atoms with van der Waals surface area (Å²) in [6.45, 7) is 8.79. The summed E-state index contributed by atoms with van der Waals surface area (Å²) >= 11 is 3.91. The molecule has 20 heavy (non-hydrogen) atoms. The topological polar surface area (TPSA) is 0 Å². The summed E-state index contributed by atoms with van der Waals surface area (Å²) in [5.74, 6) is 0. The molecule has 0 aliphatic carbocycles. The summed E-state index contributed by atoms with van der Waals surface area (Å²) in [6, 6.07) is 13.6. The fourth-order valence-corrected chi connectivity index (χ4v) is 3.24. The van der Waals surface area contributed by atoms with Crippen LogP contribution in [0.2, 0.25) is 0 Å². The van der Waals surface area contributed by atoms with Crippen LogP contribution in [0.25, 0.3) is 0 Å². The molecule has 106 valence electrons. The van der Waals surface area contributed by atoms with Gasteiger partial charge in [-0.1, -0.05) is 66.2 Å². The Morgan fingerprint density at radius 2 is 1.65 bits per heavy atom. The molecule has 0 radical (unpaired) electrons. The Balaban J connectivity index is 2.45. The van der Waals surface area contributed by atoms with Gasteiger partial charge in [0.15, 0.2) is 0 Å². The summed E-state index contributed by atoms with van der Waals surface area (Å²) < 4.78 is 0. The molecule has 0 aliphatic rings. The fourth-order valence-electron chi connectivity index (χ4n) is 2.52. The van der Waals surface area contributed by atoms with Crippen molar-refractivity contribution in [2.45, 2.75) is 45.4 Å². The van der Waals surface area contributed by atoms with Crippen molar-refractivity contribution in [3.05, 3.63) is 69.8 Å². The monoisotopic (exact) mass is 330 g/mol. The molecule has 0 fully saturated rings. The smallest absolute Gasteiger partial charge is 0.0647 e. The molecule has 0 aromatic heterocycles. The van der Waals surface area contributed by atoms with Crippen molar-refractivity contribution in [3.63, 3.8) is 0 Å². The third-order valence-electron chi connectivity index (χ3n) is 4.10. The first kappa shape index (κ1) is 15.3. The number of alkyl halides is 1. The summed E-state index contributed by atoms with van der Waals surface area (Å²) in [5, 5.41) is 0. The number of hydrogen-bond acceptors (Lipinski definition) is 0. The van der Waals surface area contributed by atoms with Crippen LogP contribution >= 0.6 is 15.9 Å². The van der Waals surface area contributed by atoms with E-state index >= 15 is 0 Å². The zero-order chi connectivity index (χ0) is 14.7. The van der Waals surface area contributed by atoms with Gasteiger partial charge in [0, 0.05) is 0 Å². The Hall–Kier alpha value is -1.08. The molecule has 0 saturated heterocycles. The van der Waals surface area contributed by atoms with Gasteiger partial charge in [-0.15, -0.1) is 0 Å². The Morgan fingerprint density at radius 1 is 0.900 bits per heavy atom. The van der Waals surface area contributed by atoms with Crippen LogP contribution in [0, 0.1) is 13.8 Å². The Kier molecular flexibility index (Phi) is 5.04. The first-order chi connectivity index (χ1) is 9.56. The summed E-state index contributed by atoms with van der Waals surface area (Å²) in [4.78, 5) is 0.281. The standard InChI is InChI=1S/C19H23Br/c1-5-15-8-10-16(6-2)18(12-15)19(20)17-9-7-13(3)14(4)11-17/h7-12,19H,5-6H2,1-4H3. The molecule has 0 bridgehead atoms. The summed E-state index contributed by atoms with van der Waals surface area (Å²) in [6.07, 6.45) is 2.16. The van der Waals surface area contributed by atoms with Gasteiger partial charge >= 0.3 is 0 Å². The minimum atomic E-state index is 0.281. The largest absolute Gasteiger partial charge is 0.0786 e. The van der Waals surface area contributed by atoms with Crippen LogP contribution in [-0.2, 0) is 12.8 Å². The summed E-state index contributed by atoms with van der Waals surface area (Å²) in [5.41, 5.74) is 8.31. The second-order valence-corrected chi connectivity index (χ2v) is 6.36. The predicted molar refractivity (Wildman–Crippen MR) is 91.9 cm³/mol. The van der Waals surface area contributed by atoms with Gasteiger partial charge < -0.3 is 0 Å². The van der Waals surface area contributed by atoms with Crippen molar-refractivity contribution in [2.24, 2.45) is 0 Å². The molecular weight excluding hydrogens is 308 g/mol. The average Bonchev–Trinajstić information content (AvgIpc) is 2.48. The lowest BCUT2D eigenvalue weighted by Gasteiger charge is -2.17. The highest BCUT2D eigenvalue weighted by atomic mass is 79.9. The molecule has 0 N–H and O–H groups in total. The van der Waals surface area contributed by atoms with E-state index in [1.807, 2.05) is 0 Å². The van der Waals surface area contributed by atoms with Crippen molar-refractivity contribution in [1.82, 2.24) is 0 Å². The van der Waals surface area contributed by atoms with Gasteiger partial charge in [0.1, 0.15) is 0 Å². The van der Waals surface area contributed by atoms with Gasteiger partial charge in [0.05, 0.1) is 4.83 Å². The fraction of sp³-hybridized carbons (Fsp3) is 0.368. The van der Waals surface area contributed by atoms with Gasteiger partial charge in [0.25, 0.3) is 0 Å². The maximum atomic E-state index is 3.91. The molecule has 0 aliphatic heterocycles. The minimum absolute atomic E-state index is 0.281. The molecule has 2 aromatic carbocycles. The van der Waals surface area contributed by atoms with Gasteiger partial charge in [-0.25, -0.2) is 0 Å². The average molecular weight is 331 g/mol. The van der Waals surface area contributed by atoms with Crippen molar-refractivity contribution >= 4 is 15.9 Å². The second-order valence-electron chi connectivity index (χ2n) is 5.45. The van der Waals surface area contributed by atoms with E-state index in [1.54, 1.807) is 0 Å².